The molecule has 2 aliphatic rings. The predicted octanol–water partition coefficient (Wildman–Crippen LogP) is 3.12. The van der Waals surface area contributed by atoms with E-state index in [1.54, 1.807) is 12.1 Å². The van der Waals surface area contributed by atoms with Crippen LogP contribution in [-0.4, -0.2) is 5.08 Å². The summed E-state index contributed by atoms with van der Waals surface area (Å²) in [5.41, 5.74) is 0. The highest BCUT2D eigenvalue weighted by molar-refractivity contribution is 8.16. The Morgan fingerprint density at radius 3 is 1.91 bits per heavy atom. The largest absolute Gasteiger partial charge is 0.202 e. The Hall–Kier alpha value is -0.220. The number of thioether (sulfide) groups is 2. The Kier molecular flexibility index (Phi) is 1.81. The molecule has 3 rings (SSSR count). The molecule has 58 valence electrons. The average Bonchev–Trinajstić information content (AvgIpc) is 2.30. The third kappa shape index (κ3) is 1.14. The monoisotopic (exact) mass is 190 g/mol. The van der Waals surface area contributed by atoms with Gasteiger partial charge in [-0.2, -0.15) is 0 Å². The molecule has 0 saturated heterocycles. The SMILES string of the molecule is Fc1c2ccc(c1F)SCS2. The second-order valence-electron chi connectivity index (χ2n) is 2.10. The van der Waals surface area contributed by atoms with Crippen LogP contribution in [0.1, 0.15) is 0 Å². The Bertz CT molecular complexity index is 270. The number of hydrogen-bond donors (Lipinski definition) is 0. The Morgan fingerprint density at radius 2 is 1.45 bits per heavy atom. The van der Waals surface area contributed by atoms with Gasteiger partial charge in [0, 0.05) is 14.9 Å². The van der Waals surface area contributed by atoms with Gasteiger partial charge in [0.2, 0.25) is 0 Å². The third-order valence-electron chi connectivity index (χ3n) is 1.44. The van der Waals surface area contributed by atoms with Crippen molar-refractivity contribution < 1.29 is 8.78 Å². The second-order valence-corrected chi connectivity index (χ2v) is 4.50. The lowest BCUT2D eigenvalue weighted by Crippen LogP contribution is -1.86. The lowest BCUT2D eigenvalue weighted by molar-refractivity contribution is 0.476. The summed E-state index contributed by atoms with van der Waals surface area (Å²) in [6, 6.07) is 3.25. The minimum atomic E-state index is -0.697. The van der Waals surface area contributed by atoms with Crippen molar-refractivity contribution >= 4 is 23.5 Å². The summed E-state index contributed by atoms with van der Waals surface area (Å²) in [5, 5.41) is 0.693. The second kappa shape index (κ2) is 2.68. The summed E-state index contributed by atoms with van der Waals surface area (Å²) < 4.78 is 25.8. The standard InChI is InChI=1S/C7H4F2S2/c8-6-4-1-2-5(7(6)9)11-3-10-4/h1-2H,3H2. The summed E-state index contributed by atoms with van der Waals surface area (Å²) >= 11 is 2.67. The van der Waals surface area contributed by atoms with Crippen LogP contribution in [0.3, 0.4) is 0 Å². The van der Waals surface area contributed by atoms with E-state index in [4.69, 9.17) is 0 Å². The van der Waals surface area contributed by atoms with Gasteiger partial charge >= 0.3 is 0 Å². The first-order valence-electron chi connectivity index (χ1n) is 3.02. The van der Waals surface area contributed by atoms with Crippen molar-refractivity contribution in [3.8, 4) is 0 Å². The number of benzene rings is 1. The summed E-state index contributed by atoms with van der Waals surface area (Å²) in [5.74, 6) is -1.39. The molecule has 2 heterocycles. The normalized spacial score (nSPS) is 15.1. The van der Waals surface area contributed by atoms with E-state index >= 15 is 0 Å². The number of halogens is 2. The molecule has 1 aromatic carbocycles. The molecule has 1 aromatic rings. The summed E-state index contributed by atoms with van der Waals surface area (Å²) in [7, 11) is 0. The summed E-state index contributed by atoms with van der Waals surface area (Å²) in [6.07, 6.45) is 0. The fourth-order valence-electron chi connectivity index (χ4n) is 0.893. The van der Waals surface area contributed by atoms with Crippen LogP contribution in [0, 0.1) is 11.6 Å². The predicted molar refractivity (Wildman–Crippen MR) is 42.9 cm³/mol. The molecule has 2 bridgehead atoms. The molecule has 0 atom stereocenters. The maximum absolute atomic E-state index is 12.9. The minimum absolute atomic E-state index is 0.413. The molecule has 4 heteroatoms. The highest BCUT2D eigenvalue weighted by Gasteiger charge is 2.17. The molecule has 0 spiro atoms. The zero-order valence-electron chi connectivity index (χ0n) is 5.43. The molecule has 0 nitrogen and oxygen atoms in total. The number of fused-ring (bicyclic) bond motifs is 4. The van der Waals surface area contributed by atoms with Crippen molar-refractivity contribution in [3.63, 3.8) is 0 Å². The Labute approximate surface area is 71.4 Å². The van der Waals surface area contributed by atoms with Crippen LogP contribution in [0.4, 0.5) is 8.78 Å². The molecule has 2 aliphatic heterocycles. The van der Waals surface area contributed by atoms with Crippen molar-refractivity contribution in [2.45, 2.75) is 9.79 Å². The molecule has 0 unspecified atom stereocenters. The van der Waals surface area contributed by atoms with Gasteiger partial charge in [-0.25, -0.2) is 8.78 Å². The molecule has 0 radical (unpaired) electrons. The smallest absolute Gasteiger partial charge is 0.173 e. The maximum Gasteiger partial charge on any atom is 0.173 e. The number of hydrogen-bond acceptors (Lipinski definition) is 2. The maximum atomic E-state index is 12.9. The Balaban J connectivity index is 2.67. The Morgan fingerprint density at radius 1 is 1.00 bits per heavy atom. The van der Waals surface area contributed by atoms with E-state index in [0.717, 1.165) is 0 Å². The quantitative estimate of drug-likeness (QED) is 0.616. The number of rotatable bonds is 0. The fourth-order valence-corrected chi connectivity index (χ4v) is 2.91. The van der Waals surface area contributed by atoms with E-state index in [1.165, 1.54) is 23.5 Å². The molecule has 11 heavy (non-hydrogen) atoms. The van der Waals surface area contributed by atoms with Crippen molar-refractivity contribution in [2.75, 3.05) is 5.08 Å². The van der Waals surface area contributed by atoms with Crippen LogP contribution in [0.15, 0.2) is 21.9 Å². The molecular weight excluding hydrogens is 186 g/mol. The minimum Gasteiger partial charge on any atom is -0.202 e. The van der Waals surface area contributed by atoms with Gasteiger partial charge in [0.1, 0.15) is 0 Å². The highest BCUT2D eigenvalue weighted by atomic mass is 32.2. The van der Waals surface area contributed by atoms with E-state index in [9.17, 15) is 8.78 Å². The fraction of sp³-hybridized carbons (Fsp3) is 0.143. The molecule has 0 saturated carbocycles. The van der Waals surface area contributed by atoms with Gasteiger partial charge in [0.15, 0.2) is 11.6 Å². The first-order valence-corrected chi connectivity index (χ1v) is 5.00. The van der Waals surface area contributed by atoms with Crippen molar-refractivity contribution in [2.24, 2.45) is 0 Å². The van der Waals surface area contributed by atoms with E-state index in [1.807, 2.05) is 0 Å². The van der Waals surface area contributed by atoms with Crippen molar-refractivity contribution in [1.82, 2.24) is 0 Å². The highest BCUT2D eigenvalue weighted by Crippen LogP contribution is 2.38. The van der Waals surface area contributed by atoms with Crippen LogP contribution in [0.2, 0.25) is 0 Å². The van der Waals surface area contributed by atoms with E-state index in [0.29, 0.717) is 14.9 Å². The zero-order valence-corrected chi connectivity index (χ0v) is 7.07. The molecule has 0 aliphatic carbocycles. The first-order chi connectivity index (χ1) is 5.29. The molecule has 0 fully saturated rings. The van der Waals surface area contributed by atoms with Crippen LogP contribution in [-0.2, 0) is 0 Å². The van der Waals surface area contributed by atoms with Gasteiger partial charge in [0.05, 0.1) is 0 Å². The van der Waals surface area contributed by atoms with Gasteiger partial charge < -0.3 is 0 Å². The van der Waals surface area contributed by atoms with E-state index in [-0.39, 0.29) is 0 Å². The van der Waals surface area contributed by atoms with Crippen LogP contribution < -0.4 is 0 Å². The summed E-state index contributed by atoms with van der Waals surface area (Å²) in [4.78, 5) is 0.826. The van der Waals surface area contributed by atoms with Crippen LogP contribution >= 0.6 is 23.5 Å². The van der Waals surface area contributed by atoms with Crippen molar-refractivity contribution in [3.05, 3.63) is 23.8 Å². The van der Waals surface area contributed by atoms with Gasteiger partial charge in [-0.3, -0.25) is 0 Å². The molecular formula is C7H4F2S2. The van der Waals surface area contributed by atoms with Gasteiger partial charge in [-0.15, -0.1) is 23.5 Å². The van der Waals surface area contributed by atoms with E-state index < -0.39 is 11.6 Å². The van der Waals surface area contributed by atoms with Crippen molar-refractivity contribution in [1.29, 1.82) is 0 Å². The average molecular weight is 190 g/mol. The van der Waals surface area contributed by atoms with Gasteiger partial charge in [-0.1, -0.05) is 0 Å². The van der Waals surface area contributed by atoms with Gasteiger partial charge in [-0.05, 0) is 12.1 Å². The van der Waals surface area contributed by atoms with Crippen LogP contribution in [0.5, 0.6) is 0 Å². The summed E-state index contributed by atoms with van der Waals surface area (Å²) in [6.45, 7) is 0. The zero-order chi connectivity index (χ0) is 7.84. The lowest BCUT2D eigenvalue weighted by atomic mass is 10.3. The van der Waals surface area contributed by atoms with E-state index in [2.05, 4.69) is 0 Å². The third-order valence-corrected chi connectivity index (χ3v) is 3.64. The molecule has 0 aromatic heterocycles. The topological polar surface area (TPSA) is 0 Å². The van der Waals surface area contributed by atoms with Gasteiger partial charge in [0.25, 0.3) is 0 Å². The molecule has 0 N–H and O–H groups in total. The first kappa shape index (κ1) is 7.43. The van der Waals surface area contributed by atoms with Crippen LogP contribution in [0.25, 0.3) is 0 Å². The molecule has 0 amide bonds. The lowest BCUT2D eigenvalue weighted by Gasteiger charge is -1.97.